The second-order valence-electron chi connectivity index (χ2n) is 12.0. The third-order valence-electron chi connectivity index (χ3n) is 7.55. The number of aliphatic hydroxyl groups is 1. The fourth-order valence-electron chi connectivity index (χ4n) is 4.68. The lowest BCUT2D eigenvalue weighted by Gasteiger charge is -2.18. The van der Waals surface area contributed by atoms with Gasteiger partial charge in [-0.3, -0.25) is 18.6 Å². The van der Waals surface area contributed by atoms with Crippen LogP contribution in [0.1, 0.15) is 149 Å². The van der Waals surface area contributed by atoms with E-state index in [-0.39, 0.29) is 12.8 Å². The van der Waals surface area contributed by atoms with Crippen molar-refractivity contribution in [3.63, 3.8) is 0 Å². The van der Waals surface area contributed by atoms with Gasteiger partial charge in [0.15, 0.2) is 6.04 Å². The zero-order valence-electron chi connectivity index (χ0n) is 29.1. The number of carbonyl (C=O) groups is 3. The molecular weight excluding hydrogens is 625 g/mol. The van der Waals surface area contributed by atoms with Crippen LogP contribution in [0, 0.1) is 0 Å². The summed E-state index contributed by atoms with van der Waals surface area (Å²) in [5.74, 6) is -2.47. The number of amides is 1. The van der Waals surface area contributed by atoms with Gasteiger partial charge in [0.25, 0.3) is 0 Å². The van der Waals surface area contributed by atoms with Crippen LogP contribution in [0.3, 0.4) is 0 Å². The van der Waals surface area contributed by atoms with Crippen molar-refractivity contribution in [1.82, 2.24) is 5.32 Å². The van der Waals surface area contributed by atoms with Gasteiger partial charge in [-0.25, -0.2) is 9.36 Å². The second-order valence-corrected chi connectivity index (χ2v) is 13.5. The first-order valence-corrected chi connectivity index (χ1v) is 19.4. The van der Waals surface area contributed by atoms with E-state index in [1.54, 1.807) is 6.92 Å². The van der Waals surface area contributed by atoms with Gasteiger partial charge in [0.1, 0.15) is 12.7 Å². The molecule has 0 saturated carbocycles. The summed E-state index contributed by atoms with van der Waals surface area (Å²) in [5.41, 5.74) is 0. The largest absolute Gasteiger partial charge is 0.480 e. The van der Waals surface area contributed by atoms with Crippen molar-refractivity contribution in [3.05, 3.63) is 24.3 Å². The molecule has 3 unspecified atom stereocenters. The number of phosphoric ester groups is 1. The smallest absolute Gasteiger partial charge is 0.472 e. The Balaban J connectivity index is 3.75. The van der Waals surface area contributed by atoms with Crippen LogP contribution in [0.2, 0.25) is 0 Å². The number of unbranched alkanes of at least 4 members (excludes halogenated alkanes) is 16. The number of aliphatic hydroxyl groups excluding tert-OH is 1. The molecule has 274 valence electrons. The van der Waals surface area contributed by atoms with E-state index in [0.29, 0.717) is 6.42 Å². The number of nitrogens with one attached hydrogen (secondary N) is 1. The molecule has 47 heavy (non-hydrogen) atoms. The van der Waals surface area contributed by atoms with Crippen LogP contribution < -0.4 is 5.32 Å². The highest BCUT2D eigenvalue weighted by atomic mass is 31.2. The minimum absolute atomic E-state index is 0.106. The average molecular weight is 690 g/mol. The Bertz CT molecular complexity index is 911. The Labute approximate surface area is 283 Å². The summed E-state index contributed by atoms with van der Waals surface area (Å²) in [7, 11) is -4.72. The Morgan fingerprint density at radius 3 is 1.70 bits per heavy atom. The number of carboxylic acids is 1. The van der Waals surface area contributed by atoms with Crippen molar-refractivity contribution in [1.29, 1.82) is 0 Å². The topological polar surface area (TPSA) is 169 Å². The van der Waals surface area contributed by atoms with Crippen LogP contribution in [0.25, 0.3) is 0 Å². The first-order valence-electron chi connectivity index (χ1n) is 17.9. The molecule has 0 aliphatic rings. The van der Waals surface area contributed by atoms with Crippen molar-refractivity contribution >= 4 is 25.7 Å². The van der Waals surface area contributed by atoms with E-state index in [0.717, 1.165) is 25.7 Å². The third kappa shape index (κ3) is 31.0. The van der Waals surface area contributed by atoms with Gasteiger partial charge >= 0.3 is 19.8 Å². The Hall–Kier alpha value is -2.04. The highest BCUT2D eigenvalue weighted by Crippen LogP contribution is 2.43. The number of carboxylic acid groups (broad SMARTS) is 1. The zero-order valence-corrected chi connectivity index (χ0v) is 30.0. The standard InChI is InChI=1S/C35H64NO10P/c1-3-5-6-7-8-9-10-11-12-13-14-15-16-17-18-19-20-21-22-23-24-25-26-27-33(38)36-32(35(40)41)30-46-47(42,43)45-29-31(37)28-44-34(39)4-2/h8-9,11-12,31-32,37H,3-7,10,13-30H2,1-2H3,(H,36,38)(H,40,41)(H,42,43)/b9-8-,12-11-. The first kappa shape index (κ1) is 45.0. The predicted molar refractivity (Wildman–Crippen MR) is 185 cm³/mol. The van der Waals surface area contributed by atoms with Gasteiger partial charge in [0.05, 0.1) is 13.2 Å². The van der Waals surface area contributed by atoms with Gasteiger partial charge in [-0.15, -0.1) is 0 Å². The summed E-state index contributed by atoms with van der Waals surface area (Å²) in [6.45, 7) is 1.90. The number of phosphoric acid groups is 1. The molecule has 0 aromatic rings. The number of allylic oxidation sites excluding steroid dienone is 4. The Morgan fingerprint density at radius 2 is 1.19 bits per heavy atom. The van der Waals surface area contributed by atoms with Crippen molar-refractivity contribution in [2.75, 3.05) is 19.8 Å². The van der Waals surface area contributed by atoms with Gasteiger partial charge in [-0.1, -0.05) is 122 Å². The average Bonchev–Trinajstić information content (AvgIpc) is 3.04. The van der Waals surface area contributed by atoms with E-state index in [1.165, 1.54) is 89.9 Å². The Morgan fingerprint density at radius 1 is 0.702 bits per heavy atom. The predicted octanol–water partition coefficient (Wildman–Crippen LogP) is 7.94. The van der Waals surface area contributed by atoms with Crippen LogP contribution in [-0.4, -0.2) is 64.9 Å². The maximum Gasteiger partial charge on any atom is 0.472 e. The van der Waals surface area contributed by atoms with Gasteiger partial charge < -0.3 is 25.2 Å². The van der Waals surface area contributed by atoms with Crippen LogP contribution in [0.4, 0.5) is 0 Å². The zero-order chi connectivity index (χ0) is 35.0. The van der Waals surface area contributed by atoms with E-state index in [9.17, 15) is 34.1 Å². The molecule has 0 bridgehead atoms. The van der Waals surface area contributed by atoms with Crippen molar-refractivity contribution < 1.29 is 47.8 Å². The summed E-state index contributed by atoms with van der Waals surface area (Å²) in [5, 5.41) is 21.3. The summed E-state index contributed by atoms with van der Waals surface area (Å²) in [6.07, 6.45) is 30.5. The van der Waals surface area contributed by atoms with E-state index in [4.69, 9.17) is 4.74 Å². The molecule has 0 aromatic carbocycles. The minimum atomic E-state index is -4.72. The quantitative estimate of drug-likeness (QED) is 0.0230. The summed E-state index contributed by atoms with van der Waals surface area (Å²) in [6, 6.07) is -1.54. The fourth-order valence-corrected chi connectivity index (χ4v) is 5.45. The normalized spacial score (nSPS) is 14.3. The number of ether oxygens (including phenoxy) is 1. The minimum Gasteiger partial charge on any atom is -0.480 e. The van der Waals surface area contributed by atoms with E-state index in [1.807, 2.05) is 0 Å². The number of carbonyl (C=O) groups excluding carboxylic acids is 2. The van der Waals surface area contributed by atoms with Gasteiger partial charge in [-0.2, -0.15) is 0 Å². The SMILES string of the molecule is CCCCC/C=C\C/C=C\CCCCCCCCCCCCCCCC(=O)NC(COP(=O)(O)OCC(O)COC(=O)CC)C(=O)O. The van der Waals surface area contributed by atoms with Gasteiger partial charge in [0.2, 0.25) is 5.91 Å². The van der Waals surface area contributed by atoms with Crippen LogP contribution in [0.5, 0.6) is 0 Å². The summed E-state index contributed by atoms with van der Waals surface area (Å²) < 4.78 is 26.0. The lowest BCUT2D eigenvalue weighted by atomic mass is 10.0. The van der Waals surface area contributed by atoms with Crippen LogP contribution >= 0.6 is 7.82 Å². The molecule has 3 atom stereocenters. The van der Waals surface area contributed by atoms with Crippen molar-refractivity contribution in [3.8, 4) is 0 Å². The summed E-state index contributed by atoms with van der Waals surface area (Å²) >= 11 is 0. The Kier molecular flexibility index (Phi) is 29.9. The monoisotopic (exact) mass is 689 g/mol. The molecule has 1 amide bonds. The summed E-state index contributed by atoms with van der Waals surface area (Å²) in [4.78, 5) is 44.5. The number of aliphatic carboxylic acids is 1. The van der Waals surface area contributed by atoms with Gasteiger partial charge in [-0.05, 0) is 38.5 Å². The number of esters is 1. The van der Waals surface area contributed by atoms with Crippen molar-refractivity contribution in [2.45, 2.75) is 161 Å². The third-order valence-corrected chi connectivity index (χ3v) is 8.50. The molecule has 0 heterocycles. The number of hydrogen-bond donors (Lipinski definition) is 4. The second kappa shape index (κ2) is 31.2. The molecule has 0 rings (SSSR count). The van der Waals surface area contributed by atoms with Crippen LogP contribution in [0.15, 0.2) is 24.3 Å². The molecule has 0 saturated heterocycles. The lowest BCUT2D eigenvalue weighted by molar-refractivity contribution is -0.146. The first-order chi connectivity index (χ1) is 22.6. The highest BCUT2D eigenvalue weighted by molar-refractivity contribution is 7.47. The van der Waals surface area contributed by atoms with E-state index in [2.05, 4.69) is 45.6 Å². The molecule has 12 heteroatoms. The molecular formula is C35H64NO10P. The highest BCUT2D eigenvalue weighted by Gasteiger charge is 2.28. The fraction of sp³-hybridized carbons (Fsp3) is 0.800. The van der Waals surface area contributed by atoms with E-state index >= 15 is 0 Å². The molecule has 11 nitrogen and oxygen atoms in total. The molecule has 0 spiro atoms. The molecule has 0 aromatic heterocycles. The van der Waals surface area contributed by atoms with E-state index < -0.39 is 57.6 Å². The maximum atomic E-state index is 12.2. The lowest BCUT2D eigenvalue weighted by Crippen LogP contribution is -2.43. The van der Waals surface area contributed by atoms with Crippen molar-refractivity contribution in [2.24, 2.45) is 0 Å². The molecule has 0 radical (unpaired) electrons. The molecule has 0 aliphatic heterocycles. The molecule has 0 fully saturated rings. The number of rotatable bonds is 33. The number of hydrogen-bond acceptors (Lipinski definition) is 8. The van der Waals surface area contributed by atoms with Crippen LogP contribution in [-0.2, 0) is 32.7 Å². The maximum absolute atomic E-state index is 12.2. The van der Waals surface area contributed by atoms with Gasteiger partial charge in [0, 0.05) is 12.8 Å². The molecule has 4 N–H and O–H groups in total. The molecule has 0 aliphatic carbocycles.